The van der Waals surface area contributed by atoms with Crippen LogP contribution in [0, 0.1) is 11.7 Å². The van der Waals surface area contributed by atoms with Crippen LogP contribution < -0.4 is 5.73 Å². The molecule has 1 aromatic carbocycles. The van der Waals surface area contributed by atoms with Gasteiger partial charge in [0.2, 0.25) is 0 Å². The summed E-state index contributed by atoms with van der Waals surface area (Å²) in [5, 5.41) is 10.2. The zero-order valence-electron chi connectivity index (χ0n) is 9.50. The van der Waals surface area contributed by atoms with E-state index in [2.05, 4.69) is 15.9 Å². The number of halogens is 2. The maximum atomic E-state index is 13.6. The second-order valence-corrected chi connectivity index (χ2v) is 5.29. The minimum Gasteiger partial charge on any atom is -0.388 e. The third-order valence-corrected chi connectivity index (χ3v) is 3.43. The molecule has 0 saturated heterocycles. The van der Waals surface area contributed by atoms with Gasteiger partial charge >= 0.3 is 0 Å². The highest BCUT2D eigenvalue weighted by Gasteiger charge is 2.30. The van der Waals surface area contributed by atoms with Crippen molar-refractivity contribution in [1.82, 2.24) is 0 Å². The van der Waals surface area contributed by atoms with Crippen molar-refractivity contribution >= 4 is 15.9 Å². The van der Waals surface area contributed by atoms with E-state index in [1.54, 1.807) is 12.1 Å². The normalized spacial score (nSPS) is 15.2. The van der Waals surface area contributed by atoms with Crippen LogP contribution in [-0.2, 0) is 6.42 Å². The fourth-order valence-electron chi connectivity index (χ4n) is 1.51. The molecule has 0 aliphatic rings. The molecule has 0 amide bonds. The molecule has 0 radical (unpaired) electrons. The van der Waals surface area contributed by atoms with Crippen LogP contribution in [0.3, 0.4) is 0 Å². The summed E-state index contributed by atoms with van der Waals surface area (Å²) in [6.45, 7) is 3.88. The Morgan fingerprint density at radius 1 is 1.50 bits per heavy atom. The summed E-state index contributed by atoms with van der Waals surface area (Å²) in [5.41, 5.74) is 5.00. The molecule has 1 rings (SSSR count). The zero-order valence-corrected chi connectivity index (χ0v) is 11.1. The van der Waals surface area contributed by atoms with E-state index in [1.165, 1.54) is 6.07 Å². The van der Waals surface area contributed by atoms with E-state index in [4.69, 9.17) is 5.73 Å². The van der Waals surface area contributed by atoms with Gasteiger partial charge in [-0.25, -0.2) is 4.39 Å². The molecule has 1 atom stereocenters. The van der Waals surface area contributed by atoms with Gasteiger partial charge in [-0.05, 0) is 23.6 Å². The summed E-state index contributed by atoms with van der Waals surface area (Å²) in [6, 6.07) is 4.82. The molecule has 1 unspecified atom stereocenters. The standard InChI is InChI=1S/C12H17BrFNO/c1-8(2)12(16,7-15)6-9-3-4-10(13)5-11(9)14/h3-5,8,16H,6-7,15H2,1-2H3. The maximum Gasteiger partial charge on any atom is 0.127 e. The summed E-state index contributed by atoms with van der Waals surface area (Å²) in [4.78, 5) is 0. The van der Waals surface area contributed by atoms with Gasteiger partial charge in [0.15, 0.2) is 0 Å². The molecule has 1 aromatic rings. The lowest BCUT2D eigenvalue weighted by Crippen LogP contribution is -2.45. The van der Waals surface area contributed by atoms with Crippen molar-refractivity contribution in [2.24, 2.45) is 11.7 Å². The molecule has 90 valence electrons. The first-order valence-electron chi connectivity index (χ1n) is 5.25. The van der Waals surface area contributed by atoms with Crippen LogP contribution in [-0.4, -0.2) is 17.3 Å². The minimum atomic E-state index is -1.05. The van der Waals surface area contributed by atoms with Crippen LogP contribution in [0.2, 0.25) is 0 Å². The lowest BCUT2D eigenvalue weighted by atomic mass is 9.84. The maximum absolute atomic E-state index is 13.6. The Balaban J connectivity index is 2.95. The SMILES string of the molecule is CC(C)C(O)(CN)Cc1ccc(Br)cc1F. The van der Waals surface area contributed by atoms with Crippen LogP contribution in [0.15, 0.2) is 22.7 Å². The first-order valence-corrected chi connectivity index (χ1v) is 6.04. The second kappa shape index (κ2) is 5.25. The molecule has 2 nitrogen and oxygen atoms in total. The van der Waals surface area contributed by atoms with Gasteiger partial charge in [-0.2, -0.15) is 0 Å². The zero-order chi connectivity index (χ0) is 12.3. The number of aliphatic hydroxyl groups is 1. The van der Waals surface area contributed by atoms with Gasteiger partial charge in [-0.1, -0.05) is 35.8 Å². The number of benzene rings is 1. The molecule has 0 heterocycles. The van der Waals surface area contributed by atoms with Gasteiger partial charge in [0, 0.05) is 17.4 Å². The lowest BCUT2D eigenvalue weighted by molar-refractivity contribution is 0.00337. The Bertz CT molecular complexity index is 370. The predicted octanol–water partition coefficient (Wildman–Crippen LogP) is 2.48. The molecule has 0 aliphatic carbocycles. The highest BCUT2D eigenvalue weighted by atomic mass is 79.9. The molecule has 0 aromatic heterocycles. The van der Waals surface area contributed by atoms with E-state index in [0.29, 0.717) is 10.0 Å². The van der Waals surface area contributed by atoms with Crippen molar-refractivity contribution in [1.29, 1.82) is 0 Å². The Morgan fingerprint density at radius 2 is 2.12 bits per heavy atom. The molecule has 0 saturated carbocycles. The number of rotatable bonds is 4. The topological polar surface area (TPSA) is 46.2 Å². The summed E-state index contributed by atoms with van der Waals surface area (Å²) in [6.07, 6.45) is 0.236. The molecule has 0 fully saturated rings. The van der Waals surface area contributed by atoms with E-state index in [1.807, 2.05) is 13.8 Å². The van der Waals surface area contributed by atoms with Crippen LogP contribution in [0.25, 0.3) is 0 Å². The lowest BCUT2D eigenvalue weighted by Gasteiger charge is -2.31. The van der Waals surface area contributed by atoms with Crippen LogP contribution >= 0.6 is 15.9 Å². The predicted molar refractivity (Wildman–Crippen MR) is 66.6 cm³/mol. The largest absolute Gasteiger partial charge is 0.388 e. The van der Waals surface area contributed by atoms with Crippen molar-refractivity contribution < 1.29 is 9.50 Å². The Hall–Kier alpha value is -0.450. The summed E-state index contributed by atoms with van der Waals surface area (Å²) < 4.78 is 14.3. The van der Waals surface area contributed by atoms with Crippen molar-refractivity contribution in [3.8, 4) is 0 Å². The minimum absolute atomic E-state index is 0.0134. The Kier molecular flexibility index (Phi) is 4.47. The average molecular weight is 290 g/mol. The van der Waals surface area contributed by atoms with Gasteiger partial charge in [0.1, 0.15) is 5.82 Å². The van der Waals surface area contributed by atoms with E-state index < -0.39 is 5.60 Å². The molecule has 0 spiro atoms. The van der Waals surface area contributed by atoms with Gasteiger partial charge < -0.3 is 10.8 Å². The fourth-order valence-corrected chi connectivity index (χ4v) is 1.84. The summed E-state index contributed by atoms with van der Waals surface area (Å²) in [7, 11) is 0. The van der Waals surface area contributed by atoms with Gasteiger partial charge in [0.25, 0.3) is 0 Å². The van der Waals surface area contributed by atoms with Crippen LogP contribution in [0.1, 0.15) is 19.4 Å². The van der Waals surface area contributed by atoms with Crippen molar-refractivity contribution in [3.05, 3.63) is 34.1 Å². The molecule has 0 aliphatic heterocycles. The van der Waals surface area contributed by atoms with Gasteiger partial charge in [0.05, 0.1) is 5.60 Å². The molecular weight excluding hydrogens is 273 g/mol. The van der Waals surface area contributed by atoms with E-state index in [-0.39, 0.29) is 24.7 Å². The summed E-state index contributed by atoms with van der Waals surface area (Å²) in [5.74, 6) is -0.331. The molecule has 3 N–H and O–H groups in total. The number of hydrogen-bond acceptors (Lipinski definition) is 2. The smallest absolute Gasteiger partial charge is 0.127 e. The van der Waals surface area contributed by atoms with Crippen LogP contribution in [0.4, 0.5) is 4.39 Å². The van der Waals surface area contributed by atoms with Gasteiger partial charge in [-0.15, -0.1) is 0 Å². The first-order chi connectivity index (χ1) is 7.39. The number of nitrogens with two attached hydrogens (primary N) is 1. The summed E-state index contributed by atoms with van der Waals surface area (Å²) >= 11 is 3.19. The van der Waals surface area contributed by atoms with E-state index in [0.717, 1.165) is 0 Å². The van der Waals surface area contributed by atoms with Crippen LogP contribution in [0.5, 0.6) is 0 Å². The molecule has 16 heavy (non-hydrogen) atoms. The highest BCUT2D eigenvalue weighted by Crippen LogP contribution is 2.24. The molecule has 0 bridgehead atoms. The van der Waals surface area contributed by atoms with E-state index in [9.17, 15) is 9.50 Å². The van der Waals surface area contributed by atoms with Crippen molar-refractivity contribution in [2.45, 2.75) is 25.9 Å². The molecule has 4 heteroatoms. The van der Waals surface area contributed by atoms with E-state index >= 15 is 0 Å². The quantitative estimate of drug-likeness (QED) is 0.895. The van der Waals surface area contributed by atoms with Crippen molar-refractivity contribution in [3.63, 3.8) is 0 Å². The molecular formula is C12H17BrFNO. The number of hydrogen-bond donors (Lipinski definition) is 2. The Morgan fingerprint density at radius 3 is 2.56 bits per heavy atom. The average Bonchev–Trinajstić information content (AvgIpc) is 2.22. The second-order valence-electron chi connectivity index (χ2n) is 4.37. The monoisotopic (exact) mass is 289 g/mol. The third kappa shape index (κ3) is 3.03. The first kappa shape index (κ1) is 13.6. The van der Waals surface area contributed by atoms with Gasteiger partial charge in [-0.3, -0.25) is 0 Å². The third-order valence-electron chi connectivity index (χ3n) is 2.94. The Labute approximate surface area is 104 Å². The highest BCUT2D eigenvalue weighted by molar-refractivity contribution is 9.10. The van der Waals surface area contributed by atoms with Crippen molar-refractivity contribution in [2.75, 3.05) is 6.54 Å². The fraction of sp³-hybridized carbons (Fsp3) is 0.500.